The molecule has 0 aromatic heterocycles. The van der Waals surface area contributed by atoms with Crippen molar-refractivity contribution in [1.29, 1.82) is 0 Å². The van der Waals surface area contributed by atoms with Crippen molar-refractivity contribution in [2.45, 2.75) is 225 Å². The van der Waals surface area contributed by atoms with Gasteiger partial charge < -0.3 is 14.6 Å². The minimum absolute atomic E-state index is 0.195. The van der Waals surface area contributed by atoms with E-state index in [0.717, 1.165) is 77.0 Å². The molecule has 0 radical (unpaired) electrons. The highest BCUT2D eigenvalue weighted by molar-refractivity contribution is 5.69. The summed E-state index contributed by atoms with van der Waals surface area (Å²) in [6.45, 7) is 5.13. The molecule has 338 valence electrons. The van der Waals surface area contributed by atoms with Crippen LogP contribution in [0.5, 0.6) is 0 Å². The van der Waals surface area contributed by atoms with Crippen molar-refractivity contribution >= 4 is 5.97 Å². The van der Waals surface area contributed by atoms with Gasteiger partial charge in [0.1, 0.15) is 6.10 Å². The maximum atomic E-state index is 12.3. The molecule has 0 saturated carbocycles. The van der Waals surface area contributed by atoms with Crippen LogP contribution in [-0.4, -0.2) is 37.0 Å². The maximum absolute atomic E-state index is 12.3. The summed E-state index contributed by atoms with van der Waals surface area (Å²) in [5.41, 5.74) is 0. The molecule has 4 heteroatoms. The first-order valence-corrected chi connectivity index (χ1v) is 24.8. The molecular formula is C55H94O4. The number of aliphatic hydroxyl groups is 1. The standard InChI is InChI=1S/C55H94O4/c1-3-5-7-9-11-13-15-17-19-21-23-25-27-29-31-33-35-37-39-41-43-45-47-49-51-58-53-54(52-56)59-55(57)50-48-46-44-42-40-38-36-34-32-30-28-26-24-22-20-18-16-14-12-10-8-6-4-2/h5,7,11,13,17,19,22-25,29,31,35,37,41,43,54,56H,3-4,6,8-10,12,14-16,18,20-21,26-28,30,32-34,36,38-40,42,44-53H2,1-2H3/b7-5-,13-11-,19-17-,24-22-,25-23-,31-29-,37-35-,43-41-. The summed E-state index contributed by atoms with van der Waals surface area (Å²) < 4.78 is 11.2. The minimum atomic E-state index is -0.565. The molecule has 0 rings (SSSR count). The first-order valence-electron chi connectivity index (χ1n) is 24.8. The molecule has 0 aromatic carbocycles. The van der Waals surface area contributed by atoms with Crippen LogP contribution in [0.3, 0.4) is 0 Å². The lowest BCUT2D eigenvalue weighted by atomic mass is 10.0. The second kappa shape index (κ2) is 51.5. The molecule has 59 heavy (non-hydrogen) atoms. The molecule has 0 fully saturated rings. The van der Waals surface area contributed by atoms with Gasteiger partial charge in [-0.1, -0.05) is 214 Å². The molecule has 0 amide bonds. The Morgan fingerprint density at radius 3 is 1.17 bits per heavy atom. The minimum Gasteiger partial charge on any atom is -0.457 e. The predicted molar refractivity (Wildman–Crippen MR) is 260 cm³/mol. The number of allylic oxidation sites excluding steroid dienone is 16. The molecule has 0 aliphatic carbocycles. The van der Waals surface area contributed by atoms with Crippen LogP contribution in [0, 0.1) is 0 Å². The monoisotopic (exact) mass is 819 g/mol. The zero-order valence-corrected chi connectivity index (χ0v) is 38.7. The average molecular weight is 819 g/mol. The third-order valence-electron chi connectivity index (χ3n) is 10.4. The van der Waals surface area contributed by atoms with Gasteiger partial charge in [0.2, 0.25) is 0 Å². The van der Waals surface area contributed by atoms with Gasteiger partial charge in [0.15, 0.2) is 0 Å². The van der Waals surface area contributed by atoms with Gasteiger partial charge in [0, 0.05) is 13.0 Å². The van der Waals surface area contributed by atoms with Gasteiger partial charge in [-0.05, 0) is 96.3 Å². The largest absolute Gasteiger partial charge is 0.457 e. The van der Waals surface area contributed by atoms with Crippen LogP contribution in [0.15, 0.2) is 97.2 Å². The summed E-state index contributed by atoms with van der Waals surface area (Å²) >= 11 is 0. The Balaban J connectivity index is 3.53. The highest BCUT2D eigenvalue weighted by Gasteiger charge is 2.13. The van der Waals surface area contributed by atoms with Gasteiger partial charge in [0.05, 0.1) is 13.2 Å². The first kappa shape index (κ1) is 56.3. The summed E-state index contributed by atoms with van der Waals surface area (Å²) in [4.78, 5) is 12.3. The van der Waals surface area contributed by atoms with Gasteiger partial charge >= 0.3 is 5.97 Å². The zero-order valence-electron chi connectivity index (χ0n) is 38.7. The Morgan fingerprint density at radius 2 is 0.763 bits per heavy atom. The fourth-order valence-electron chi connectivity index (χ4n) is 6.71. The third kappa shape index (κ3) is 49.6. The Morgan fingerprint density at radius 1 is 0.424 bits per heavy atom. The summed E-state index contributed by atoms with van der Waals surface area (Å²) in [6, 6.07) is 0. The predicted octanol–water partition coefficient (Wildman–Crippen LogP) is 16.9. The van der Waals surface area contributed by atoms with Crippen LogP contribution in [0.25, 0.3) is 0 Å². The highest BCUT2D eigenvalue weighted by atomic mass is 16.6. The molecule has 0 aliphatic heterocycles. The van der Waals surface area contributed by atoms with E-state index in [9.17, 15) is 9.90 Å². The number of hydrogen-bond acceptors (Lipinski definition) is 4. The van der Waals surface area contributed by atoms with Crippen molar-refractivity contribution in [1.82, 2.24) is 0 Å². The second-order valence-corrected chi connectivity index (χ2v) is 16.2. The summed E-state index contributed by atoms with van der Waals surface area (Å²) in [5, 5.41) is 9.64. The van der Waals surface area contributed by atoms with Crippen molar-refractivity contribution in [3.63, 3.8) is 0 Å². The van der Waals surface area contributed by atoms with Crippen molar-refractivity contribution in [2.75, 3.05) is 19.8 Å². The number of rotatable bonds is 45. The van der Waals surface area contributed by atoms with Crippen molar-refractivity contribution in [3.05, 3.63) is 97.2 Å². The van der Waals surface area contributed by atoms with Crippen molar-refractivity contribution in [2.24, 2.45) is 0 Å². The Labute approximate surface area is 366 Å². The molecule has 0 bridgehead atoms. The highest BCUT2D eigenvalue weighted by Crippen LogP contribution is 2.14. The maximum Gasteiger partial charge on any atom is 0.306 e. The van der Waals surface area contributed by atoms with Gasteiger partial charge in [-0.3, -0.25) is 4.79 Å². The SMILES string of the molecule is CC/C=C\C/C=C\C/C=C\C/C=C\C/C=C\C/C=C\C/C=C\CCCCOCC(CO)OC(=O)CCCCCCCCCCCCC/C=C\CCCCCCCCCC. The zero-order chi connectivity index (χ0) is 42.6. The lowest BCUT2D eigenvalue weighted by Gasteiger charge is -2.15. The number of unbranched alkanes of at least 4 members (excludes halogenated alkanes) is 21. The fourth-order valence-corrected chi connectivity index (χ4v) is 6.71. The third-order valence-corrected chi connectivity index (χ3v) is 10.4. The number of ether oxygens (including phenoxy) is 2. The second-order valence-electron chi connectivity index (χ2n) is 16.2. The van der Waals surface area contributed by atoms with E-state index in [1.165, 1.54) is 122 Å². The molecule has 0 heterocycles. The summed E-state index contributed by atoms with van der Waals surface area (Å²) in [5.74, 6) is -0.219. The smallest absolute Gasteiger partial charge is 0.306 e. The van der Waals surface area contributed by atoms with E-state index in [4.69, 9.17) is 9.47 Å². The average Bonchev–Trinajstić information content (AvgIpc) is 3.24. The first-order chi connectivity index (χ1) is 29.2. The Hall–Kier alpha value is -2.69. The molecule has 0 aromatic rings. The summed E-state index contributed by atoms with van der Waals surface area (Å²) in [7, 11) is 0. The van der Waals surface area contributed by atoms with Crippen molar-refractivity contribution in [3.8, 4) is 0 Å². The van der Waals surface area contributed by atoms with E-state index in [1.807, 2.05) is 0 Å². The molecule has 1 atom stereocenters. The number of carbonyl (C=O) groups excluding carboxylic acids is 1. The van der Waals surface area contributed by atoms with E-state index in [0.29, 0.717) is 13.0 Å². The number of hydrogen-bond donors (Lipinski definition) is 1. The number of esters is 1. The van der Waals surface area contributed by atoms with Crippen LogP contribution < -0.4 is 0 Å². The van der Waals surface area contributed by atoms with Crippen LogP contribution in [0.1, 0.15) is 219 Å². The van der Waals surface area contributed by atoms with E-state index in [2.05, 4.69) is 111 Å². The van der Waals surface area contributed by atoms with E-state index in [1.54, 1.807) is 0 Å². The Kier molecular flexibility index (Phi) is 49.1. The fraction of sp³-hybridized carbons (Fsp3) is 0.691. The van der Waals surface area contributed by atoms with Gasteiger partial charge in [-0.25, -0.2) is 0 Å². The van der Waals surface area contributed by atoms with E-state index in [-0.39, 0.29) is 19.2 Å². The van der Waals surface area contributed by atoms with E-state index >= 15 is 0 Å². The van der Waals surface area contributed by atoms with Crippen molar-refractivity contribution < 1.29 is 19.4 Å². The molecule has 4 nitrogen and oxygen atoms in total. The normalized spacial score (nSPS) is 13.2. The molecule has 0 aliphatic rings. The molecule has 0 spiro atoms. The lowest BCUT2D eigenvalue weighted by Crippen LogP contribution is -2.27. The van der Waals surface area contributed by atoms with Gasteiger partial charge in [0.25, 0.3) is 0 Å². The number of aliphatic hydroxyl groups excluding tert-OH is 1. The van der Waals surface area contributed by atoms with Gasteiger partial charge in [-0.2, -0.15) is 0 Å². The topological polar surface area (TPSA) is 55.8 Å². The van der Waals surface area contributed by atoms with Gasteiger partial charge in [-0.15, -0.1) is 0 Å². The summed E-state index contributed by atoms with van der Waals surface area (Å²) in [6.07, 6.45) is 73.5. The molecule has 1 N–H and O–H groups in total. The molecular weight excluding hydrogens is 725 g/mol. The molecule has 0 saturated heterocycles. The molecule has 1 unspecified atom stereocenters. The van der Waals surface area contributed by atoms with E-state index < -0.39 is 6.10 Å². The van der Waals surface area contributed by atoms with Crippen LogP contribution in [0.2, 0.25) is 0 Å². The lowest BCUT2D eigenvalue weighted by molar-refractivity contribution is -0.154. The quantitative estimate of drug-likeness (QED) is 0.0378. The number of carbonyl (C=O) groups is 1. The Bertz CT molecular complexity index is 1090. The van der Waals surface area contributed by atoms with Crippen LogP contribution in [-0.2, 0) is 14.3 Å². The van der Waals surface area contributed by atoms with Crippen LogP contribution in [0.4, 0.5) is 0 Å². The van der Waals surface area contributed by atoms with Crippen LogP contribution >= 0.6 is 0 Å².